The summed E-state index contributed by atoms with van der Waals surface area (Å²) in [6.45, 7) is 4.42. The Labute approximate surface area is 107 Å². The standard InChI is InChI=1S/C13H19N3O2/c1-3-4-15-12(17)8-16-13(18)10-5-9(2)6-11(14)7-10/h5-7H,3-4,8,14H2,1-2H3,(H,15,17)(H,16,18). The molecular weight excluding hydrogens is 230 g/mol. The normalized spacial score (nSPS) is 9.89. The van der Waals surface area contributed by atoms with Crippen molar-refractivity contribution in [1.29, 1.82) is 0 Å². The van der Waals surface area contributed by atoms with Crippen molar-refractivity contribution in [3.8, 4) is 0 Å². The van der Waals surface area contributed by atoms with Crippen LogP contribution in [0.4, 0.5) is 5.69 Å². The van der Waals surface area contributed by atoms with Crippen LogP contribution < -0.4 is 16.4 Å². The Balaban J connectivity index is 2.52. The van der Waals surface area contributed by atoms with Crippen LogP contribution in [-0.4, -0.2) is 24.9 Å². The van der Waals surface area contributed by atoms with Crippen LogP contribution in [-0.2, 0) is 4.79 Å². The van der Waals surface area contributed by atoms with Crippen molar-refractivity contribution < 1.29 is 9.59 Å². The molecule has 5 heteroatoms. The summed E-state index contributed by atoms with van der Waals surface area (Å²) in [5.41, 5.74) is 7.58. The summed E-state index contributed by atoms with van der Waals surface area (Å²) in [4.78, 5) is 23.1. The Kier molecular flexibility index (Phi) is 5.17. The maximum atomic E-state index is 11.8. The average Bonchev–Trinajstić information content (AvgIpc) is 2.32. The molecule has 0 aromatic heterocycles. The number of carbonyl (C=O) groups is 2. The van der Waals surface area contributed by atoms with Crippen LogP contribution >= 0.6 is 0 Å². The third kappa shape index (κ3) is 4.45. The molecule has 5 nitrogen and oxygen atoms in total. The molecule has 0 saturated carbocycles. The molecule has 0 spiro atoms. The minimum absolute atomic E-state index is 0.0212. The zero-order valence-electron chi connectivity index (χ0n) is 10.7. The summed E-state index contributed by atoms with van der Waals surface area (Å²) in [6.07, 6.45) is 0.869. The first-order chi connectivity index (χ1) is 8.52. The second kappa shape index (κ2) is 6.64. The van der Waals surface area contributed by atoms with Gasteiger partial charge in [0, 0.05) is 17.8 Å². The molecule has 1 aromatic rings. The highest BCUT2D eigenvalue weighted by Gasteiger charge is 2.08. The fourth-order valence-corrected chi connectivity index (χ4v) is 1.53. The predicted octanol–water partition coefficient (Wildman–Crippen LogP) is 0.833. The number of nitrogens with two attached hydrogens (primary N) is 1. The van der Waals surface area contributed by atoms with Crippen LogP contribution in [0.2, 0.25) is 0 Å². The lowest BCUT2D eigenvalue weighted by Gasteiger charge is -2.07. The Bertz CT molecular complexity index is 424. The number of nitrogen functional groups attached to an aromatic ring is 1. The number of carbonyl (C=O) groups excluding carboxylic acids is 2. The smallest absolute Gasteiger partial charge is 0.251 e. The van der Waals surface area contributed by atoms with Crippen LogP contribution in [0.3, 0.4) is 0 Å². The Morgan fingerprint density at radius 3 is 2.56 bits per heavy atom. The van der Waals surface area contributed by atoms with Gasteiger partial charge in [-0.25, -0.2) is 0 Å². The third-order valence-electron chi connectivity index (χ3n) is 2.34. The van der Waals surface area contributed by atoms with Gasteiger partial charge in [-0.3, -0.25) is 9.59 Å². The SMILES string of the molecule is CCCNC(=O)CNC(=O)c1cc(C)cc(N)c1. The third-order valence-corrected chi connectivity index (χ3v) is 2.34. The summed E-state index contributed by atoms with van der Waals surface area (Å²) in [5, 5.41) is 5.24. The number of nitrogens with one attached hydrogen (secondary N) is 2. The second-order valence-electron chi connectivity index (χ2n) is 4.17. The summed E-state index contributed by atoms with van der Waals surface area (Å²) in [6, 6.07) is 5.10. The predicted molar refractivity (Wildman–Crippen MR) is 71.2 cm³/mol. The van der Waals surface area contributed by atoms with E-state index in [4.69, 9.17) is 5.73 Å². The lowest BCUT2D eigenvalue weighted by Crippen LogP contribution is -2.37. The molecule has 0 unspecified atom stereocenters. The number of hydrogen-bond acceptors (Lipinski definition) is 3. The van der Waals surface area contributed by atoms with E-state index in [0.29, 0.717) is 17.8 Å². The highest BCUT2D eigenvalue weighted by atomic mass is 16.2. The van der Waals surface area contributed by atoms with Crippen molar-refractivity contribution >= 4 is 17.5 Å². The summed E-state index contributed by atoms with van der Waals surface area (Å²) < 4.78 is 0. The van der Waals surface area contributed by atoms with E-state index in [9.17, 15) is 9.59 Å². The van der Waals surface area contributed by atoms with Crippen molar-refractivity contribution in [2.75, 3.05) is 18.8 Å². The van der Waals surface area contributed by atoms with Crippen molar-refractivity contribution in [1.82, 2.24) is 10.6 Å². The number of benzene rings is 1. The van der Waals surface area contributed by atoms with Gasteiger partial charge in [0.2, 0.25) is 5.91 Å². The first kappa shape index (κ1) is 14.0. The van der Waals surface area contributed by atoms with E-state index in [1.54, 1.807) is 18.2 Å². The largest absolute Gasteiger partial charge is 0.399 e. The van der Waals surface area contributed by atoms with Gasteiger partial charge in [-0.2, -0.15) is 0 Å². The zero-order valence-corrected chi connectivity index (χ0v) is 10.7. The van der Waals surface area contributed by atoms with E-state index in [0.717, 1.165) is 12.0 Å². The Morgan fingerprint density at radius 1 is 1.22 bits per heavy atom. The van der Waals surface area contributed by atoms with E-state index in [-0.39, 0.29) is 18.4 Å². The maximum Gasteiger partial charge on any atom is 0.251 e. The van der Waals surface area contributed by atoms with Gasteiger partial charge in [-0.1, -0.05) is 6.92 Å². The first-order valence-electron chi connectivity index (χ1n) is 5.95. The first-order valence-corrected chi connectivity index (χ1v) is 5.95. The molecule has 0 saturated heterocycles. The molecule has 4 N–H and O–H groups in total. The van der Waals surface area contributed by atoms with E-state index < -0.39 is 0 Å². The topological polar surface area (TPSA) is 84.2 Å². The number of anilines is 1. The van der Waals surface area contributed by atoms with Crippen LogP contribution in [0, 0.1) is 6.92 Å². The quantitative estimate of drug-likeness (QED) is 0.676. The number of rotatable bonds is 5. The molecular formula is C13H19N3O2. The highest BCUT2D eigenvalue weighted by molar-refractivity contribution is 5.97. The van der Waals surface area contributed by atoms with Gasteiger partial charge < -0.3 is 16.4 Å². The molecule has 2 amide bonds. The lowest BCUT2D eigenvalue weighted by atomic mass is 10.1. The van der Waals surface area contributed by atoms with Gasteiger partial charge in [-0.15, -0.1) is 0 Å². The van der Waals surface area contributed by atoms with Crippen molar-refractivity contribution in [2.45, 2.75) is 20.3 Å². The van der Waals surface area contributed by atoms with Gasteiger partial charge in [0.05, 0.1) is 6.54 Å². The molecule has 0 atom stereocenters. The van der Waals surface area contributed by atoms with Gasteiger partial charge in [0.15, 0.2) is 0 Å². The summed E-state index contributed by atoms with van der Waals surface area (Å²) >= 11 is 0. The van der Waals surface area contributed by atoms with E-state index >= 15 is 0 Å². The molecule has 98 valence electrons. The van der Waals surface area contributed by atoms with Crippen LogP contribution in [0.25, 0.3) is 0 Å². The van der Waals surface area contributed by atoms with Gasteiger partial charge in [-0.05, 0) is 37.1 Å². The van der Waals surface area contributed by atoms with E-state index in [1.807, 2.05) is 13.8 Å². The van der Waals surface area contributed by atoms with Gasteiger partial charge in [0.1, 0.15) is 0 Å². The van der Waals surface area contributed by atoms with Crippen molar-refractivity contribution in [2.24, 2.45) is 0 Å². The fraction of sp³-hybridized carbons (Fsp3) is 0.385. The maximum absolute atomic E-state index is 11.8. The molecule has 1 rings (SSSR count). The van der Waals surface area contributed by atoms with Crippen LogP contribution in [0.1, 0.15) is 29.3 Å². The van der Waals surface area contributed by atoms with Crippen molar-refractivity contribution in [3.05, 3.63) is 29.3 Å². The Hall–Kier alpha value is -2.04. The fourth-order valence-electron chi connectivity index (χ4n) is 1.53. The van der Waals surface area contributed by atoms with Gasteiger partial charge >= 0.3 is 0 Å². The minimum Gasteiger partial charge on any atom is -0.399 e. The molecule has 0 aliphatic heterocycles. The molecule has 0 fully saturated rings. The monoisotopic (exact) mass is 249 g/mol. The highest BCUT2D eigenvalue weighted by Crippen LogP contribution is 2.10. The van der Waals surface area contributed by atoms with Crippen LogP contribution in [0.5, 0.6) is 0 Å². The van der Waals surface area contributed by atoms with E-state index in [2.05, 4.69) is 10.6 Å². The zero-order chi connectivity index (χ0) is 13.5. The number of aryl methyl sites for hydroxylation is 1. The van der Waals surface area contributed by atoms with Gasteiger partial charge in [0.25, 0.3) is 5.91 Å². The summed E-state index contributed by atoms with van der Waals surface area (Å²) in [5.74, 6) is -0.483. The van der Waals surface area contributed by atoms with E-state index in [1.165, 1.54) is 0 Å². The molecule has 0 aliphatic carbocycles. The lowest BCUT2D eigenvalue weighted by molar-refractivity contribution is -0.120. The van der Waals surface area contributed by atoms with Crippen molar-refractivity contribution in [3.63, 3.8) is 0 Å². The molecule has 18 heavy (non-hydrogen) atoms. The number of hydrogen-bond donors (Lipinski definition) is 3. The van der Waals surface area contributed by atoms with Crippen LogP contribution in [0.15, 0.2) is 18.2 Å². The molecule has 0 heterocycles. The average molecular weight is 249 g/mol. The molecule has 0 bridgehead atoms. The molecule has 1 aromatic carbocycles. The Morgan fingerprint density at radius 2 is 1.94 bits per heavy atom. The second-order valence-corrected chi connectivity index (χ2v) is 4.17. The minimum atomic E-state index is -0.294. The molecule has 0 radical (unpaired) electrons. The number of amides is 2. The summed E-state index contributed by atoms with van der Waals surface area (Å²) in [7, 11) is 0. The molecule has 0 aliphatic rings.